The van der Waals surface area contributed by atoms with Gasteiger partial charge >= 0.3 is 0 Å². The van der Waals surface area contributed by atoms with E-state index in [1.54, 1.807) is 18.2 Å². The summed E-state index contributed by atoms with van der Waals surface area (Å²) in [5.41, 5.74) is 1.88. The van der Waals surface area contributed by atoms with E-state index in [0.29, 0.717) is 31.9 Å². The van der Waals surface area contributed by atoms with Crippen molar-refractivity contribution in [3.8, 4) is 0 Å². The third-order valence-electron chi connectivity index (χ3n) is 4.36. The number of anilines is 1. The molecule has 126 valence electrons. The summed E-state index contributed by atoms with van der Waals surface area (Å²) in [6.07, 6.45) is 0. The van der Waals surface area contributed by atoms with Crippen LogP contribution in [-0.2, 0) is 0 Å². The minimum Gasteiger partial charge on any atom is -0.362 e. The molecule has 0 atom stereocenters. The lowest BCUT2D eigenvalue weighted by molar-refractivity contribution is -0.384. The van der Waals surface area contributed by atoms with Crippen LogP contribution in [0.2, 0.25) is 0 Å². The summed E-state index contributed by atoms with van der Waals surface area (Å²) in [6, 6.07) is 8.70. The Hall–Kier alpha value is -2.41. The highest BCUT2D eigenvalue weighted by atomic mass is 32.1. The number of thiophene rings is 1. The molecule has 2 aromatic rings. The maximum Gasteiger partial charge on any atom is 0.292 e. The highest BCUT2D eigenvalue weighted by Crippen LogP contribution is 2.29. The Labute approximate surface area is 144 Å². The highest BCUT2D eigenvalue weighted by Gasteiger charge is 2.26. The Morgan fingerprint density at radius 3 is 2.42 bits per heavy atom. The molecule has 3 rings (SSSR count). The molecule has 1 aliphatic heterocycles. The molecule has 0 saturated carbocycles. The Bertz CT molecular complexity index is 760. The van der Waals surface area contributed by atoms with E-state index in [0.717, 1.165) is 15.3 Å². The first-order chi connectivity index (χ1) is 11.5. The number of hydrogen-bond acceptors (Lipinski definition) is 5. The van der Waals surface area contributed by atoms with Gasteiger partial charge in [0.2, 0.25) is 0 Å². The summed E-state index contributed by atoms with van der Waals surface area (Å²) >= 11 is 1.53. The average molecular weight is 345 g/mol. The molecule has 1 saturated heterocycles. The van der Waals surface area contributed by atoms with Crippen molar-refractivity contribution in [2.75, 3.05) is 31.1 Å². The molecule has 2 heterocycles. The molecule has 1 amide bonds. The van der Waals surface area contributed by atoms with Gasteiger partial charge in [0, 0.05) is 37.1 Å². The lowest BCUT2D eigenvalue weighted by Crippen LogP contribution is -2.48. The second-order valence-electron chi connectivity index (χ2n) is 5.87. The maximum atomic E-state index is 12.6. The second-order valence-corrected chi connectivity index (χ2v) is 7.13. The van der Waals surface area contributed by atoms with Gasteiger partial charge in [-0.25, -0.2) is 0 Å². The fraction of sp³-hybridized carbons (Fsp3) is 0.353. The number of benzene rings is 1. The number of nitrogens with zero attached hydrogens (tertiary/aromatic N) is 3. The molecule has 6 nitrogen and oxygen atoms in total. The summed E-state index contributed by atoms with van der Waals surface area (Å²) in [7, 11) is 0. The molecule has 0 spiro atoms. The summed E-state index contributed by atoms with van der Waals surface area (Å²) in [4.78, 5) is 29.1. The molecule has 1 aromatic carbocycles. The number of nitro benzene ring substituents is 1. The lowest BCUT2D eigenvalue weighted by atomic mass is 10.2. The zero-order valence-electron chi connectivity index (χ0n) is 13.7. The molecular weight excluding hydrogens is 326 g/mol. The molecule has 24 heavy (non-hydrogen) atoms. The Kier molecular flexibility index (Phi) is 4.53. The van der Waals surface area contributed by atoms with Crippen LogP contribution in [0.5, 0.6) is 0 Å². The fourth-order valence-electron chi connectivity index (χ4n) is 2.87. The SMILES string of the molecule is Cc1cc(C(=O)N2CCN(c3ccccc3[N+](=O)[O-])CC2)sc1C. The van der Waals surface area contributed by atoms with Crippen LogP contribution in [0.1, 0.15) is 20.1 Å². The van der Waals surface area contributed by atoms with Gasteiger partial charge in [-0.3, -0.25) is 14.9 Å². The van der Waals surface area contributed by atoms with Gasteiger partial charge in [-0.2, -0.15) is 0 Å². The van der Waals surface area contributed by atoms with E-state index < -0.39 is 0 Å². The van der Waals surface area contributed by atoms with Crippen LogP contribution in [0, 0.1) is 24.0 Å². The second kappa shape index (κ2) is 6.60. The number of carbonyl (C=O) groups is 1. The Balaban J connectivity index is 1.70. The van der Waals surface area contributed by atoms with Crippen LogP contribution < -0.4 is 4.90 Å². The number of piperazine rings is 1. The van der Waals surface area contributed by atoms with Crippen molar-refractivity contribution in [1.29, 1.82) is 0 Å². The predicted molar refractivity (Wildman–Crippen MR) is 95.0 cm³/mol. The molecule has 1 aromatic heterocycles. The summed E-state index contributed by atoms with van der Waals surface area (Å²) in [5, 5.41) is 11.2. The van der Waals surface area contributed by atoms with Crippen molar-refractivity contribution < 1.29 is 9.72 Å². The van der Waals surface area contributed by atoms with E-state index in [4.69, 9.17) is 0 Å². The van der Waals surface area contributed by atoms with Gasteiger partial charge in [0.15, 0.2) is 0 Å². The van der Waals surface area contributed by atoms with Crippen molar-refractivity contribution in [1.82, 2.24) is 4.90 Å². The predicted octanol–water partition coefficient (Wildman–Crippen LogP) is 3.24. The first kappa shape index (κ1) is 16.4. The van der Waals surface area contributed by atoms with Crippen LogP contribution in [0.25, 0.3) is 0 Å². The number of aryl methyl sites for hydroxylation is 2. The van der Waals surface area contributed by atoms with Crippen molar-refractivity contribution in [2.45, 2.75) is 13.8 Å². The third-order valence-corrected chi connectivity index (χ3v) is 5.50. The summed E-state index contributed by atoms with van der Waals surface area (Å²) in [6.45, 7) is 6.36. The van der Waals surface area contributed by atoms with Gasteiger partial charge in [-0.1, -0.05) is 12.1 Å². The number of carbonyl (C=O) groups excluding carboxylic acids is 1. The van der Waals surface area contributed by atoms with E-state index in [1.165, 1.54) is 17.4 Å². The number of rotatable bonds is 3. The normalized spacial score (nSPS) is 14.8. The smallest absolute Gasteiger partial charge is 0.292 e. The minimum atomic E-state index is -0.357. The van der Waals surface area contributed by atoms with E-state index in [9.17, 15) is 14.9 Å². The molecule has 0 unspecified atom stereocenters. The van der Waals surface area contributed by atoms with E-state index >= 15 is 0 Å². The molecule has 0 bridgehead atoms. The van der Waals surface area contributed by atoms with Gasteiger partial charge in [0.25, 0.3) is 11.6 Å². The molecule has 0 radical (unpaired) electrons. The fourth-order valence-corrected chi connectivity index (χ4v) is 3.87. The molecule has 0 N–H and O–H groups in total. The molecular formula is C17H19N3O3S. The number of nitro groups is 1. The molecule has 0 aliphatic carbocycles. The standard InChI is InChI=1S/C17H19N3O3S/c1-12-11-16(24-13(12)2)17(21)19-9-7-18(8-10-19)14-5-3-4-6-15(14)20(22)23/h3-6,11H,7-10H2,1-2H3. The average Bonchev–Trinajstić information content (AvgIpc) is 2.93. The highest BCUT2D eigenvalue weighted by molar-refractivity contribution is 7.14. The van der Waals surface area contributed by atoms with Crippen LogP contribution in [0.15, 0.2) is 30.3 Å². The molecule has 1 aliphatic rings. The molecule has 7 heteroatoms. The minimum absolute atomic E-state index is 0.0541. The largest absolute Gasteiger partial charge is 0.362 e. The number of para-hydroxylation sites is 2. The van der Waals surface area contributed by atoms with Gasteiger partial charge in [0.05, 0.1) is 9.80 Å². The van der Waals surface area contributed by atoms with Crippen LogP contribution >= 0.6 is 11.3 Å². The van der Waals surface area contributed by atoms with Crippen LogP contribution in [0.4, 0.5) is 11.4 Å². The Morgan fingerprint density at radius 2 is 1.83 bits per heavy atom. The molecule has 1 fully saturated rings. The van der Waals surface area contributed by atoms with Crippen molar-refractivity contribution in [3.63, 3.8) is 0 Å². The first-order valence-electron chi connectivity index (χ1n) is 7.82. The number of hydrogen-bond donors (Lipinski definition) is 0. The van der Waals surface area contributed by atoms with Gasteiger partial charge in [0.1, 0.15) is 5.69 Å². The van der Waals surface area contributed by atoms with Crippen molar-refractivity contribution >= 4 is 28.6 Å². The maximum absolute atomic E-state index is 12.6. The number of amides is 1. The zero-order chi connectivity index (χ0) is 17.3. The van der Waals surface area contributed by atoms with Crippen LogP contribution in [-0.4, -0.2) is 41.9 Å². The van der Waals surface area contributed by atoms with Crippen molar-refractivity contribution in [2.24, 2.45) is 0 Å². The first-order valence-corrected chi connectivity index (χ1v) is 8.63. The van der Waals surface area contributed by atoms with Crippen LogP contribution in [0.3, 0.4) is 0 Å². The summed E-state index contributed by atoms with van der Waals surface area (Å²) < 4.78 is 0. The third kappa shape index (κ3) is 3.12. The monoisotopic (exact) mass is 345 g/mol. The summed E-state index contributed by atoms with van der Waals surface area (Å²) in [5.74, 6) is 0.0541. The van der Waals surface area contributed by atoms with Crippen molar-refractivity contribution in [3.05, 3.63) is 55.8 Å². The van der Waals surface area contributed by atoms with Gasteiger partial charge in [-0.05, 0) is 31.5 Å². The van der Waals surface area contributed by atoms with Gasteiger partial charge in [-0.15, -0.1) is 11.3 Å². The van der Waals surface area contributed by atoms with E-state index in [2.05, 4.69) is 0 Å². The topological polar surface area (TPSA) is 66.7 Å². The van der Waals surface area contributed by atoms with Gasteiger partial charge < -0.3 is 9.80 Å². The van der Waals surface area contributed by atoms with E-state index in [-0.39, 0.29) is 16.5 Å². The lowest BCUT2D eigenvalue weighted by Gasteiger charge is -2.35. The zero-order valence-corrected chi connectivity index (χ0v) is 14.5. The quantitative estimate of drug-likeness (QED) is 0.633. The Morgan fingerprint density at radius 1 is 1.17 bits per heavy atom. The van der Waals surface area contributed by atoms with E-state index in [1.807, 2.05) is 29.7 Å².